The molecule has 114 valence electrons. The summed E-state index contributed by atoms with van der Waals surface area (Å²) < 4.78 is 6.05. The van der Waals surface area contributed by atoms with E-state index >= 15 is 0 Å². The van der Waals surface area contributed by atoms with Crippen LogP contribution in [0.2, 0.25) is 0 Å². The van der Waals surface area contributed by atoms with Crippen molar-refractivity contribution in [3.63, 3.8) is 0 Å². The average Bonchev–Trinajstić information content (AvgIpc) is 2.48. The van der Waals surface area contributed by atoms with Crippen LogP contribution in [-0.2, 0) is 11.3 Å². The summed E-state index contributed by atoms with van der Waals surface area (Å²) in [6.45, 7) is 3.55. The molecule has 1 aromatic carbocycles. The van der Waals surface area contributed by atoms with E-state index in [1.54, 1.807) is 13.3 Å². The van der Waals surface area contributed by atoms with Gasteiger partial charge in [0.2, 0.25) is 0 Å². The Morgan fingerprint density at radius 2 is 2.19 bits per heavy atom. The summed E-state index contributed by atoms with van der Waals surface area (Å²) in [5.74, 6) is 0. The smallest absolute Gasteiger partial charge is 0.0765 e. The Morgan fingerprint density at radius 3 is 2.95 bits per heavy atom. The number of hydrogen-bond acceptors (Lipinski definition) is 4. The molecule has 21 heavy (non-hydrogen) atoms. The number of benzene rings is 1. The third-order valence-electron chi connectivity index (χ3n) is 3.47. The van der Waals surface area contributed by atoms with E-state index in [0.29, 0.717) is 26.1 Å². The number of halogens is 1. The lowest BCUT2D eigenvalue weighted by Crippen LogP contribution is -2.38. The number of fused-ring (bicyclic) bond motifs is 1. The van der Waals surface area contributed by atoms with Crippen molar-refractivity contribution in [3.8, 4) is 0 Å². The Labute approximate surface area is 133 Å². The molecule has 0 aliphatic rings. The van der Waals surface area contributed by atoms with Gasteiger partial charge in [-0.1, -0.05) is 28.1 Å². The maximum Gasteiger partial charge on any atom is 0.0765 e. The number of ether oxygens (including phenoxy) is 1. The Bertz CT molecular complexity index is 602. The average molecular weight is 353 g/mol. The molecule has 1 unspecified atom stereocenters. The molecule has 4 nitrogen and oxygen atoms in total. The standard InChI is InChI=1S/C16H21BrN2O2/c1-16(20,7-9-21-2)11-18-10-12-5-6-14(17)13-4-3-8-19-15(12)13/h3-6,8,18,20H,7,9-11H2,1-2H3. The molecule has 2 aromatic rings. The minimum absolute atomic E-state index is 0.515. The fraction of sp³-hybridized carbons (Fsp3) is 0.438. The van der Waals surface area contributed by atoms with Gasteiger partial charge in [0.1, 0.15) is 0 Å². The van der Waals surface area contributed by atoms with Crippen LogP contribution < -0.4 is 5.32 Å². The molecule has 0 aliphatic heterocycles. The molecule has 0 saturated heterocycles. The summed E-state index contributed by atoms with van der Waals surface area (Å²) in [5.41, 5.74) is 1.33. The van der Waals surface area contributed by atoms with Crippen LogP contribution in [0.5, 0.6) is 0 Å². The lowest BCUT2D eigenvalue weighted by Gasteiger charge is -2.23. The molecule has 0 fully saturated rings. The lowest BCUT2D eigenvalue weighted by molar-refractivity contribution is 0.0247. The van der Waals surface area contributed by atoms with E-state index in [0.717, 1.165) is 20.9 Å². The number of aromatic nitrogens is 1. The Hall–Kier alpha value is -1.01. The van der Waals surface area contributed by atoms with E-state index < -0.39 is 5.60 Å². The molecule has 2 rings (SSSR count). The van der Waals surface area contributed by atoms with E-state index in [9.17, 15) is 5.11 Å². The predicted molar refractivity (Wildman–Crippen MR) is 88.3 cm³/mol. The Balaban J connectivity index is 2.03. The second-order valence-electron chi connectivity index (χ2n) is 5.45. The molecule has 0 radical (unpaired) electrons. The number of pyridine rings is 1. The van der Waals surface area contributed by atoms with Crippen molar-refractivity contribution >= 4 is 26.8 Å². The fourth-order valence-corrected chi connectivity index (χ4v) is 2.67. The number of methoxy groups -OCH3 is 1. The van der Waals surface area contributed by atoms with Crippen molar-refractivity contribution in [2.75, 3.05) is 20.3 Å². The van der Waals surface area contributed by atoms with Crippen molar-refractivity contribution < 1.29 is 9.84 Å². The molecule has 0 bridgehead atoms. The molecule has 0 saturated carbocycles. The molecule has 1 heterocycles. The number of hydrogen-bond donors (Lipinski definition) is 2. The topological polar surface area (TPSA) is 54.4 Å². The highest BCUT2D eigenvalue weighted by Crippen LogP contribution is 2.25. The predicted octanol–water partition coefficient (Wildman–Crippen LogP) is 2.87. The van der Waals surface area contributed by atoms with Gasteiger partial charge in [-0.2, -0.15) is 0 Å². The second kappa shape index (κ2) is 7.31. The van der Waals surface area contributed by atoms with Crippen LogP contribution in [0.25, 0.3) is 10.9 Å². The maximum atomic E-state index is 10.2. The summed E-state index contributed by atoms with van der Waals surface area (Å²) in [4.78, 5) is 4.45. The molecule has 0 aliphatic carbocycles. The third-order valence-corrected chi connectivity index (χ3v) is 4.16. The van der Waals surface area contributed by atoms with Gasteiger partial charge in [-0.05, 0) is 24.6 Å². The van der Waals surface area contributed by atoms with E-state index in [1.165, 1.54) is 0 Å². The molecule has 5 heteroatoms. The number of nitrogens with zero attached hydrogens (tertiary/aromatic N) is 1. The van der Waals surface area contributed by atoms with Gasteiger partial charge in [-0.15, -0.1) is 0 Å². The van der Waals surface area contributed by atoms with E-state index in [2.05, 4.69) is 32.3 Å². The summed E-state index contributed by atoms with van der Waals surface area (Å²) >= 11 is 3.55. The maximum absolute atomic E-state index is 10.2. The van der Waals surface area contributed by atoms with Crippen molar-refractivity contribution in [2.45, 2.75) is 25.5 Å². The zero-order chi connectivity index (χ0) is 15.3. The van der Waals surface area contributed by atoms with Crippen LogP contribution >= 0.6 is 15.9 Å². The highest BCUT2D eigenvalue weighted by Gasteiger charge is 2.19. The normalized spacial score (nSPS) is 14.3. The van der Waals surface area contributed by atoms with Gasteiger partial charge < -0.3 is 15.2 Å². The first-order chi connectivity index (χ1) is 10.0. The molecule has 0 amide bonds. The van der Waals surface area contributed by atoms with Gasteiger partial charge in [0, 0.05) is 49.3 Å². The van der Waals surface area contributed by atoms with Crippen LogP contribution in [0.3, 0.4) is 0 Å². The molecule has 1 atom stereocenters. The van der Waals surface area contributed by atoms with Crippen LogP contribution in [-0.4, -0.2) is 36.0 Å². The molecule has 1 aromatic heterocycles. The number of aliphatic hydroxyl groups is 1. The highest BCUT2D eigenvalue weighted by atomic mass is 79.9. The Kier molecular flexibility index (Phi) is 5.70. The van der Waals surface area contributed by atoms with Gasteiger partial charge in [0.15, 0.2) is 0 Å². The minimum Gasteiger partial charge on any atom is -0.389 e. The molecular weight excluding hydrogens is 332 g/mol. The van der Waals surface area contributed by atoms with E-state index in [4.69, 9.17) is 4.74 Å². The molecule has 2 N–H and O–H groups in total. The van der Waals surface area contributed by atoms with E-state index in [1.807, 2.05) is 25.1 Å². The van der Waals surface area contributed by atoms with Crippen LogP contribution in [0.15, 0.2) is 34.9 Å². The first-order valence-corrected chi connectivity index (χ1v) is 7.77. The van der Waals surface area contributed by atoms with Gasteiger partial charge >= 0.3 is 0 Å². The first-order valence-electron chi connectivity index (χ1n) is 6.98. The van der Waals surface area contributed by atoms with Crippen molar-refractivity contribution in [1.82, 2.24) is 10.3 Å². The summed E-state index contributed by atoms with van der Waals surface area (Å²) in [5, 5.41) is 14.6. The summed E-state index contributed by atoms with van der Waals surface area (Å²) in [6.07, 6.45) is 2.41. The van der Waals surface area contributed by atoms with Crippen LogP contribution in [0.1, 0.15) is 18.9 Å². The largest absolute Gasteiger partial charge is 0.389 e. The highest BCUT2D eigenvalue weighted by molar-refractivity contribution is 9.10. The summed E-state index contributed by atoms with van der Waals surface area (Å²) in [7, 11) is 1.64. The number of nitrogens with one attached hydrogen (secondary N) is 1. The molecular formula is C16H21BrN2O2. The summed E-state index contributed by atoms with van der Waals surface area (Å²) in [6, 6.07) is 8.06. The van der Waals surface area contributed by atoms with E-state index in [-0.39, 0.29) is 0 Å². The zero-order valence-corrected chi connectivity index (χ0v) is 14.0. The van der Waals surface area contributed by atoms with Gasteiger partial charge in [-0.25, -0.2) is 0 Å². The van der Waals surface area contributed by atoms with Gasteiger partial charge in [0.25, 0.3) is 0 Å². The van der Waals surface area contributed by atoms with Crippen molar-refractivity contribution in [3.05, 3.63) is 40.5 Å². The third kappa shape index (κ3) is 4.48. The minimum atomic E-state index is -0.769. The first kappa shape index (κ1) is 16.4. The SMILES string of the molecule is COCCC(C)(O)CNCc1ccc(Br)c2cccnc12. The van der Waals surface area contributed by atoms with Crippen molar-refractivity contribution in [2.24, 2.45) is 0 Å². The van der Waals surface area contributed by atoms with Gasteiger partial charge in [0.05, 0.1) is 11.1 Å². The zero-order valence-electron chi connectivity index (χ0n) is 12.4. The van der Waals surface area contributed by atoms with Crippen LogP contribution in [0.4, 0.5) is 0 Å². The van der Waals surface area contributed by atoms with Crippen LogP contribution in [0, 0.1) is 0 Å². The molecule has 0 spiro atoms. The quantitative estimate of drug-likeness (QED) is 0.804. The lowest BCUT2D eigenvalue weighted by atomic mass is 10.0. The second-order valence-corrected chi connectivity index (χ2v) is 6.30. The fourth-order valence-electron chi connectivity index (χ4n) is 2.22. The Morgan fingerprint density at radius 1 is 1.38 bits per heavy atom. The monoisotopic (exact) mass is 352 g/mol. The van der Waals surface area contributed by atoms with Gasteiger partial charge in [-0.3, -0.25) is 4.98 Å². The number of rotatable bonds is 7. The van der Waals surface area contributed by atoms with Crippen molar-refractivity contribution in [1.29, 1.82) is 0 Å².